The van der Waals surface area contributed by atoms with E-state index in [9.17, 15) is 5.48 Å². The lowest BCUT2D eigenvalue weighted by molar-refractivity contribution is 0.591. The van der Waals surface area contributed by atoms with E-state index < -0.39 is 22.9 Å². The number of rotatable bonds is 20. The molecule has 0 aliphatic carbocycles. The third-order valence-corrected chi connectivity index (χ3v) is 39.0. The van der Waals surface area contributed by atoms with Gasteiger partial charge in [0.25, 0.3) is 6.71 Å². The molecule has 23 aromatic rings. The average molecular weight is 1880 g/mol. The molecule has 2 unspecified atom stereocenters. The van der Waals surface area contributed by atoms with Crippen LogP contribution in [0.2, 0.25) is 0 Å². The van der Waals surface area contributed by atoms with Crippen molar-refractivity contribution >= 4 is 151 Å². The molecule has 3 nitrogen and oxygen atoms in total. The Balaban J connectivity index is 0.914. The minimum Gasteiger partial charge on any atom is -0.311 e. The van der Waals surface area contributed by atoms with Gasteiger partial charge >= 0.3 is 0 Å². The Kier molecular flexibility index (Phi) is 21.4. The van der Waals surface area contributed by atoms with Gasteiger partial charge in [0, 0.05) is 56.0 Å². The van der Waals surface area contributed by atoms with Crippen LogP contribution in [-0.4, -0.2) is 27.4 Å². The molecule has 2 aliphatic rings. The summed E-state index contributed by atoms with van der Waals surface area (Å²) in [6.45, 7) is 6.57. The Bertz CT molecular complexity index is 8790. The molecule has 0 amide bonds. The fourth-order valence-corrected chi connectivity index (χ4v) is 32.8. The normalized spacial score (nSPS) is 13.0. The Hall–Kier alpha value is -16.8. The third-order valence-electron chi connectivity index (χ3n) is 29.5. The summed E-state index contributed by atoms with van der Waals surface area (Å²) in [5, 5.41) is 10.9. The molecule has 0 radical (unpaired) electrons. The minimum atomic E-state index is -4.60. The van der Waals surface area contributed by atoms with E-state index in [0.717, 1.165) is 198 Å². The summed E-state index contributed by atoms with van der Waals surface area (Å²) >= 11 is 0. The summed E-state index contributed by atoms with van der Waals surface area (Å²) in [6, 6.07) is 192. The van der Waals surface area contributed by atoms with Crippen LogP contribution in [-0.2, 0) is 5.41 Å². The lowest BCUT2D eigenvalue weighted by Crippen LogP contribution is -2.78. The van der Waals surface area contributed by atoms with Crippen molar-refractivity contribution in [2.75, 3.05) is 9.80 Å². The molecule has 0 spiro atoms. The van der Waals surface area contributed by atoms with E-state index in [1.807, 2.05) is 30.3 Å². The smallest absolute Gasteiger partial charge is 0.252 e. The monoisotopic (exact) mass is 1880 g/mol. The number of fused-ring (bicyclic) bond motifs is 7. The quantitative estimate of drug-likeness (QED) is 0.0428. The number of nitrogens with zero attached hydrogens (tertiary/aromatic N) is 3. The highest BCUT2D eigenvalue weighted by atomic mass is 31.0. The number of aromatic nitrogens is 1. The maximum Gasteiger partial charge on any atom is 0.252 e. The van der Waals surface area contributed by atoms with E-state index in [1.54, 1.807) is 0 Å². The van der Waals surface area contributed by atoms with Crippen molar-refractivity contribution in [1.29, 1.82) is 0 Å². The van der Waals surface area contributed by atoms with Crippen LogP contribution in [0, 0.1) is 0 Å². The lowest BCUT2D eigenvalue weighted by atomic mass is 9.33. The summed E-state index contributed by atoms with van der Waals surface area (Å²) in [5.41, 5.74) is 31.0. The maximum atomic E-state index is 11.7. The van der Waals surface area contributed by atoms with Crippen LogP contribution >= 0.6 is 9.24 Å². The fraction of sp³-hybridized carbons (Fsp3) is 0.0294. The second-order valence-corrected chi connectivity index (χ2v) is 47.1. The van der Waals surface area contributed by atoms with Crippen molar-refractivity contribution in [3.8, 4) is 106 Å². The molecule has 0 bridgehead atoms. The van der Waals surface area contributed by atoms with Crippen molar-refractivity contribution in [3.63, 3.8) is 0 Å². The molecular weight excluding hydrogens is 1770 g/mol. The second kappa shape index (κ2) is 36.7. The summed E-state index contributed by atoms with van der Waals surface area (Å²) in [4.78, 5) is 5.29. The zero-order chi connectivity index (χ0) is 99.2. The van der Waals surface area contributed by atoms with Gasteiger partial charge in [0.1, 0.15) is 0 Å². The molecule has 2 aliphatic heterocycles. The molecule has 25 rings (SSSR count). The first-order chi connectivity index (χ1) is 72.1. The predicted molar refractivity (Wildman–Crippen MR) is 619 cm³/mol. The zero-order valence-electron chi connectivity index (χ0n) is 83.6. The molecule has 2 atom stereocenters. The number of hydrogen-bond donors (Lipinski definition) is 0. The molecule has 0 saturated carbocycles. The van der Waals surface area contributed by atoms with Gasteiger partial charge < -0.3 is 14.4 Å². The Morgan fingerprint density at radius 1 is 0.245 bits per heavy atom. The van der Waals surface area contributed by atoms with E-state index in [1.165, 1.54) is 16.3 Å². The van der Waals surface area contributed by atoms with Crippen LogP contribution in [0.15, 0.2) is 546 Å². The Morgan fingerprint density at radius 2 is 0.622 bits per heavy atom. The fourth-order valence-electron chi connectivity index (χ4n) is 22.9. The number of benzene rings is 22. The van der Waals surface area contributed by atoms with Gasteiger partial charge in [0.05, 0.1) is 22.2 Å². The Morgan fingerprint density at radius 3 is 1.10 bits per heavy atom. The van der Waals surface area contributed by atoms with Gasteiger partial charge in [-0.05, 0) is 242 Å². The van der Waals surface area contributed by atoms with E-state index in [2.05, 4.69) is 536 Å². The average Bonchev–Trinajstić information content (AvgIpc) is 0.888. The Labute approximate surface area is 848 Å². The third kappa shape index (κ3) is 15.6. The first-order valence-corrected chi connectivity index (χ1v) is 54.0. The van der Waals surface area contributed by atoms with Gasteiger partial charge in [-0.15, -0.1) is 9.24 Å². The van der Waals surface area contributed by atoms with Crippen molar-refractivity contribution in [2.24, 2.45) is 0 Å². The van der Waals surface area contributed by atoms with E-state index in [0.29, 0.717) is 16.3 Å². The molecule has 7 heteroatoms. The number of para-hydroxylation sites is 2. The van der Waals surface area contributed by atoms with E-state index in [-0.39, 0.29) is 29.6 Å². The molecular formula is C136H101BN3PSi2. The highest BCUT2D eigenvalue weighted by Crippen LogP contribution is 2.54. The molecule has 22 aromatic carbocycles. The van der Waals surface area contributed by atoms with Gasteiger partial charge in [-0.3, -0.25) is 0 Å². The zero-order valence-corrected chi connectivity index (χ0v) is 82.8. The van der Waals surface area contributed by atoms with Gasteiger partial charge in [0.15, 0.2) is 16.1 Å². The summed E-state index contributed by atoms with van der Waals surface area (Å²) in [7, 11) is -5.52. The van der Waals surface area contributed by atoms with Crippen LogP contribution in [0.3, 0.4) is 0 Å². The SMILES string of the molecule is [2H]c1c([2H])c(-c2ccccc2)c([2H])c([Si](c2ccccc2)(c2cccc(-c3ccccc3)c2)c2cc(-c3cc4c5c(c3)N(c3c(-c6ccccc6)cc(C(C)(C)C)cc3-c3ccccc3)c3ccc(-c6ccccc6)cc3B5c3ccc(-n5c6ccccc6c6ccccc65)cc3N4c3cc(P)cc(-c4ccccc4)c3)cc([Si](c3ccccc3)(c3ccccc3)c3cc(-c4ccccc4)cc(-c4ccccc4)c3)c2)c1[2H]. The van der Waals surface area contributed by atoms with Crippen molar-refractivity contribution in [3.05, 3.63) is 551 Å². The molecule has 1 aromatic heterocycles. The topological polar surface area (TPSA) is 11.4 Å². The van der Waals surface area contributed by atoms with Crippen molar-refractivity contribution < 1.29 is 5.48 Å². The molecule has 676 valence electrons. The summed E-state index contributed by atoms with van der Waals surface area (Å²) in [6.07, 6.45) is 0. The van der Waals surface area contributed by atoms with E-state index >= 15 is 0 Å². The van der Waals surface area contributed by atoms with Gasteiger partial charge in [-0.2, -0.15) is 0 Å². The van der Waals surface area contributed by atoms with Gasteiger partial charge in [-0.25, -0.2) is 0 Å². The molecule has 0 fully saturated rings. The van der Waals surface area contributed by atoms with Crippen LogP contribution in [0.4, 0.5) is 34.1 Å². The minimum absolute atomic E-state index is 0.0353. The predicted octanol–water partition coefficient (Wildman–Crippen LogP) is 27.4. The van der Waals surface area contributed by atoms with Gasteiger partial charge in [-0.1, -0.05) is 488 Å². The van der Waals surface area contributed by atoms with Crippen LogP contribution in [0.5, 0.6) is 0 Å². The summed E-state index contributed by atoms with van der Waals surface area (Å²) in [5.74, 6) is 0. The molecule has 0 saturated heterocycles. The standard InChI is InChI=1S/C136H101BN3PSi2/c1-136(2,3)110-89-124(100-55-27-10-28-56-100)135(125(90-110)101-57-29-11-30-58-101)140-130-76-73-104(96-47-19-6-20-48-96)86-127(130)137-126-75-74-111(138-128-71-39-37-69-122(128)123-70-38-40-72-129(123)138)92-131(126)139(112-78-107(79-113(141)91-112)99-53-25-9-26-54-99)132-87-109(88-133(140)134(132)137)108-84-120(142(114-61-31-12-32-62-114,115-63-33-13-34-64-115)119-82-105(97-49-21-7-22-50-97)77-106(83-119)98-51-23-8-24-52-98)93-121(85-108)143(116-65-35-14-36-66-116,117-67-41-59-102(80-117)94-43-15-4-16-44-94)118-68-42-60-103(81-118)95-45-17-5-18-46-95/h4-93H,141H2,1-3H3/i41D,59D,67D,80D. The maximum absolute atomic E-state index is 11.7. The lowest BCUT2D eigenvalue weighted by Gasteiger charge is -2.46. The van der Waals surface area contributed by atoms with Crippen molar-refractivity contribution in [2.45, 2.75) is 26.2 Å². The van der Waals surface area contributed by atoms with Crippen LogP contribution in [0.1, 0.15) is 31.8 Å². The molecule has 0 N–H and O–H groups in total. The number of hydrogen-bond acceptors (Lipinski definition) is 2. The van der Waals surface area contributed by atoms with Crippen molar-refractivity contribution in [1.82, 2.24) is 4.57 Å². The van der Waals surface area contributed by atoms with E-state index in [4.69, 9.17) is 0 Å². The van der Waals surface area contributed by atoms with Gasteiger partial charge in [0.2, 0.25) is 0 Å². The second-order valence-electron chi connectivity index (χ2n) is 38.9. The van der Waals surface area contributed by atoms with Crippen LogP contribution < -0.4 is 73.0 Å². The molecule has 3 heterocycles. The summed E-state index contributed by atoms with van der Waals surface area (Å²) < 4.78 is 46.6. The van der Waals surface area contributed by atoms with Crippen LogP contribution in [0.25, 0.3) is 128 Å². The first kappa shape index (κ1) is 83.2. The highest BCUT2D eigenvalue weighted by molar-refractivity contribution is 7.27. The largest absolute Gasteiger partial charge is 0.311 e. The first-order valence-electron chi connectivity index (χ1n) is 51.4. The molecule has 143 heavy (non-hydrogen) atoms. The highest BCUT2D eigenvalue weighted by Gasteiger charge is 2.50. The number of anilines is 6.